The molecule has 9 nitrogen and oxygen atoms in total. The lowest BCUT2D eigenvalue weighted by atomic mass is 10.0. The van der Waals surface area contributed by atoms with E-state index in [1.165, 1.54) is 4.57 Å². The monoisotopic (exact) mass is 435 g/mol. The van der Waals surface area contributed by atoms with E-state index >= 15 is 0 Å². The van der Waals surface area contributed by atoms with Gasteiger partial charge in [-0.1, -0.05) is 25.0 Å². The molecule has 30 heavy (non-hydrogen) atoms. The average Bonchev–Trinajstić information content (AvgIpc) is 2.65. The van der Waals surface area contributed by atoms with E-state index in [-0.39, 0.29) is 30.1 Å². The molecule has 0 aliphatic carbocycles. The quantitative estimate of drug-likeness (QED) is 0.366. The van der Waals surface area contributed by atoms with Gasteiger partial charge in [-0.2, -0.15) is 8.42 Å². The third-order valence-corrected chi connectivity index (χ3v) is 6.12. The number of nitrogens with zero attached hydrogens (tertiary/aromatic N) is 2. The van der Waals surface area contributed by atoms with Gasteiger partial charge in [-0.3, -0.25) is 28.8 Å². The molecular weight excluding hydrogens is 410 g/mol. The SMILES string of the molecule is Cc1nc2cccc(CCCCCCS(=O)(=O)O)c2c(=O)n1C1CCC(=O)NC1=O. The van der Waals surface area contributed by atoms with Crippen molar-refractivity contribution in [2.24, 2.45) is 0 Å². The number of nitrogens with one attached hydrogen (secondary N) is 1. The van der Waals surface area contributed by atoms with Gasteiger partial charge in [0.1, 0.15) is 11.9 Å². The normalized spacial score (nSPS) is 17.3. The van der Waals surface area contributed by atoms with Crippen molar-refractivity contribution in [3.63, 3.8) is 0 Å². The van der Waals surface area contributed by atoms with Crippen molar-refractivity contribution in [3.05, 3.63) is 39.9 Å². The third kappa shape index (κ3) is 5.11. The Kier molecular flexibility index (Phi) is 6.67. The van der Waals surface area contributed by atoms with Gasteiger partial charge in [-0.15, -0.1) is 0 Å². The zero-order valence-electron chi connectivity index (χ0n) is 16.8. The summed E-state index contributed by atoms with van der Waals surface area (Å²) >= 11 is 0. The first kappa shape index (κ1) is 22.1. The van der Waals surface area contributed by atoms with Gasteiger partial charge < -0.3 is 0 Å². The van der Waals surface area contributed by atoms with Crippen molar-refractivity contribution in [1.82, 2.24) is 14.9 Å². The molecule has 1 aromatic carbocycles. The van der Waals surface area contributed by atoms with Crippen molar-refractivity contribution in [2.75, 3.05) is 5.75 Å². The lowest BCUT2D eigenvalue weighted by Gasteiger charge is -2.24. The van der Waals surface area contributed by atoms with Crippen LogP contribution in [0.25, 0.3) is 10.9 Å². The fraction of sp³-hybridized carbons (Fsp3) is 0.500. The molecule has 0 saturated carbocycles. The summed E-state index contributed by atoms with van der Waals surface area (Å²) in [5, 5.41) is 2.75. The summed E-state index contributed by atoms with van der Waals surface area (Å²) in [7, 11) is -3.93. The summed E-state index contributed by atoms with van der Waals surface area (Å²) in [5.41, 5.74) is 1.08. The molecular formula is C20H25N3O6S. The van der Waals surface area contributed by atoms with Crippen molar-refractivity contribution in [3.8, 4) is 0 Å². The highest BCUT2D eigenvalue weighted by Gasteiger charge is 2.30. The van der Waals surface area contributed by atoms with Crippen LogP contribution in [-0.4, -0.2) is 40.1 Å². The molecule has 2 amide bonds. The van der Waals surface area contributed by atoms with Crippen LogP contribution < -0.4 is 10.9 Å². The number of carbonyl (C=O) groups is 2. The van der Waals surface area contributed by atoms with Crippen LogP contribution in [0.4, 0.5) is 0 Å². The highest BCUT2D eigenvalue weighted by Crippen LogP contribution is 2.22. The van der Waals surface area contributed by atoms with E-state index in [4.69, 9.17) is 4.55 Å². The topological polar surface area (TPSA) is 135 Å². The van der Waals surface area contributed by atoms with Crippen LogP contribution in [0.15, 0.2) is 23.0 Å². The molecule has 2 N–H and O–H groups in total. The molecule has 1 saturated heterocycles. The predicted octanol–water partition coefficient (Wildman–Crippen LogP) is 1.67. The standard InChI is InChI=1S/C20H25N3O6S/c1-13-21-15-9-6-8-14(7-4-2-3-5-12-30(27,28)29)18(15)20(26)23(13)16-10-11-17(24)22-19(16)25/h6,8-9,16H,2-5,7,10-12H2,1H3,(H,22,24,25)(H,27,28,29). The van der Waals surface area contributed by atoms with Gasteiger partial charge in [-0.25, -0.2) is 4.98 Å². The largest absolute Gasteiger partial charge is 0.295 e. The zero-order chi connectivity index (χ0) is 21.9. The van der Waals surface area contributed by atoms with Gasteiger partial charge in [0.05, 0.1) is 16.7 Å². The summed E-state index contributed by atoms with van der Waals surface area (Å²) < 4.78 is 31.7. The molecule has 3 rings (SSSR count). The molecule has 1 aliphatic rings. The number of aryl methyl sites for hydroxylation is 2. The summed E-state index contributed by atoms with van der Waals surface area (Å²) in [5.74, 6) is -0.662. The number of hydrogen-bond donors (Lipinski definition) is 2. The molecule has 1 aliphatic heterocycles. The lowest BCUT2D eigenvalue weighted by molar-refractivity contribution is -0.135. The first-order valence-corrected chi connectivity index (χ1v) is 11.6. The fourth-order valence-electron chi connectivity index (χ4n) is 3.88. The fourth-order valence-corrected chi connectivity index (χ4v) is 4.45. The first-order chi connectivity index (χ1) is 14.2. The molecule has 2 aromatic rings. The van der Waals surface area contributed by atoms with Gasteiger partial charge in [0.25, 0.3) is 15.7 Å². The van der Waals surface area contributed by atoms with Crippen LogP contribution in [0.3, 0.4) is 0 Å². The number of imide groups is 1. The molecule has 0 spiro atoms. The summed E-state index contributed by atoms with van der Waals surface area (Å²) in [6.45, 7) is 1.67. The number of carbonyl (C=O) groups excluding carboxylic acids is 2. The Morgan fingerprint density at radius 1 is 1.17 bits per heavy atom. The Balaban J connectivity index is 1.82. The maximum Gasteiger partial charge on any atom is 0.264 e. The van der Waals surface area contributed by atoms with Crippen LogP contribution in [0.2, 0.25) is 0 Å². The van der Waals surface area contributed by atoms with Crippen LogP contribution in [0.1, 0.15) is 56.0 Å². The van der Waals surface area contributed by atoms with Crippen LogP contribution in [-0.2, 0) is 26.1 Å². The molecule has 1 fully saturated rings. The van der Waals surface area contributed by atoms with Crippen LogP contribution >= 0.6 is 0 Å². The number of rotatable bonds is 8. The van der Waals surface area contributed by atoms with E-state index in [0.717, 1.165) is 18.4 Å². The summed E-state index contributed by atoms with van der Waals surface area (Å²) in [6.07, 6.45) is 3.58. The number of aromatic nitrogens is 2. The zero-order valence-corrected chi connectivity index (χ0v) is 17.6. The second kappa shape index (κ2) is 9.05. The van der Waals surface area contributed by atoms with Gasteiger partial charge >= 0.3 is 0 Å². The second-order valence-electron chi connectivity index (χ2n) is 7.56. The number of benzene rings is 1. The maximum absolute atomic E-state index is 13.3. The molecule has 1 aromatic heterocycles. The molecule has 2 heterocycles. The van der Waals surface area contributed by atoms with Crippen LogP contribution in [0.5, 0.6) is 0 Å². The second-order valence-corrected chi connectivity index (χ2v) is 9.13. The van der Waals surface area contributed by atoms with Gasteiger partial charge in [-0.05, 0) is 44.2 Å². The van der Waals surface area contributed by atoms with E-state index in [2.05, 4.69) is 10.3 Å². The number of amides is 2. The Hall–Kier alpha value is -2.59. The molecule has 1 atom stereocenters. The van der Waals surface area contributed by atoms with E-state index in [9.17, 15) is 22.8 Å². The smallest absolute Gasteiger partial charge is 0.264 e. The van der Waals surface area contributed by atoms with E-state index < -0.39 is 22.1 Å². The first-order valence-electron chi connectivity index (χ1n) is 9.97. The molecule has 0 bridgehead atoms. The molecule has 10 heteroatoms. The Morgan fingerprint density at radius 3 is 2.60 bits per heavy atom. The summed E-state index contributed by atoms with van der Waals surface area (Å²) in [6, 6.07) is 4.68. The van der Waals surface area contributed by atoms with Crippen molar-refractivity contribution in [1.29, 1.82) is 0 Å². The maximum atomic E-state index is 13.3. The minimum Gasteiger partial charge on any atom is -0.295 e. The van der Waals surface area contributed by atoms with Crippen LogP contribution in [0, 0.1) is 6.92 Å². The number of fused-ring (bicyclic) bond motifs is 1. The highest BCUT2D eigenvalue weighted by atomic mass is 32.2. The molecule has 1 unspecified atom stereocenters. The predicted molar refractivity (Wildman–Crippen MR) is 111 cm³/mol. The van der Waals surface area contributed by atoms with Gasteiger partial charge in [0.2, 0.25) is 11.8 Å². The van der Waals surface area contributed by atoms with Gasteiger partial charge in [0.15, 0.2) is 0 Å². The number of piperidine rings is 1. The summed E-state index contributed by atoms with van der Waals surface area (Å²) in [4.78, 5) is 41.6. The highest BCUT2D eigenvalue weighted by molar-refractivity contribution is 7.85. The van der Waals surface area contributed by atoms with Crippen molar-refractivity contribution in [2.45, 2.75) is 57.9 Å². The minimum absolute atomic E-state index is 0.172. The Morgan fingerprint density at radius 2 is 1.90 bits per heavy atom. The van der Waals surface area contributed by atoms with Crippen molar-refractivity contribution >= 4 is 32.8 Å². The lowest BCUT2D eigenvalue weighted by Crippen LogP contribution is -2.45. The average molecular weight is 436 g/mol. The van der Waals surface area contributed by atoms with Crippen molar-refractivity contribution < 1.29 is 22.6 Å². The van der Waals surface area contributed by atoms with E-state index in [1.807, 2.05) is 12.1 Å². The van der Waals surface area contributed by atoms with Gasteiger partial charge in [0, 0.05) is 6.42 Å². The molecule has 0 radical (unpaired) electrons. The number of hydrogen-bond acceptors (Lipinski definition) is 6. The Labute approximate surface area is 174 Å². The third-order valence-electron chi connectivity index (χ3n) is 5.31. The molecule has 162 valence electrons. The number of unbranched alkanes of at least 4 members (excludes halogenated alkanes) is 3. The van der Waals surface area contributed by atoms with E-state index in [1.54, 1.807) is 13.0 Å². The van der Waals surface area contributed by atoms with E-state index in [0.29, 0.717) is 36.0 Å². The Bertz CT molecular complexity index is 1140. The minimum atomic E-state index is -3.93.